The molecule has 0 saturated heterocycles. The minimum atomic E-state index is -0.763. The monoisotopic (exact) mass is 375 g/mol. The number of imidazole rings is 1. The third-order valence-electron chi connectivity index (χ3n) is 4.41. The molecule has 8 nitrogen and oxygen atoms in total. The summed E-state index contributed by atoms with van der Waals surface area (Å²) in [6.07, 6.45) is 0. The number of carbonyl (C=O) groups is 1. The Labute approximate surface area is 159 Å². The Kier molecular flexibility index (Phi) is 4.15. The lowest BCUT2D eigenvalue weighted by Gasteiger charge is -2.09. The average molecular weight is 375 g/mol. The summed E-state index contributed by atoms with van der Waals surface area (Å²) in [5.41, 5.74) is 7.73. The van der Waals surface area contributed by atoms with E-state index in [1.54, 1.807) is 30.3 Å². The van der Waals surface area contributed by atoms with Crippen molar-refractivity contribution in [1.29, 1.82) is 0 Å². The SMILES string of the molecule is COc1ccccc1-c1nc(C(N)=O)c2[nH]c(=O)n(-c3ccc(C)cc3)c2n1. The van der Waals surface area contributed by atoms with Gasteiger partial charge in [-0.1, -0.05) is 29.8 Å². The number of hydrogen-bond donors (Lipinski definition) is 2. The topological polar surface area (TPSA) is 116 Å². The molecule has 4 rings (SSSR count). The predicted molar refractivity (Wildman–Crippen MR) is 105 cm³/mol. The highest BCUT2D eigenvalue weighted by molar-refractivity contribution is 6.02. The van der Waals surface area contributed by atoms with E-state index in [9.17, 15) is 9.59 Å². The number of benzene rings is 2. The van der Waals surface area contributed by atoms with Crippen LogP contribution in [0, 0.1) is 6.92 Å². The fourth-order valence-corrected chi connectivity index (χ4v) is 3.05. The molecule has 28 heavy (non-hydrogen) atoms. The number of nitrogens with zero attached hydrogens (tertiary/aromatic N) is 3. The van der Waals surface area contributed by atoms with Crippen LogP contribution in [0.5, 0.6) is 5.75 Å². The zero-order chi connectivity index (χ0) is 19.8. The molecule has 0 spiro atoms. The second kappa shape index (κ2) is 6.66. The first-order valence-corrected chi connectivity index (χ1v) is 8.52. The van der Waals surface area contributed by atoms with Gasteiger partial charge in [0.1, 0.15) is 11.3 Å². The number of hydrogen-bond acceptors (Lipinski definition) is 5. The molecule has 2 heterocycles. The number of ether oxygens (including phenoxy) is 1. The molecule has 0 unspecified atom stereocenters. The normalized spacial score (nSPS) is 10.9. The molecule has 1 amide bonds. The summed E-state index contributed by atoms with van der Waals surface area (Å²) >= 11 is 0. The van der Waals surface area contributed by atoms with Crippen LogP contribution in [0.3, 0.4) is 0 Å². The van der Waals surface area contributed by atoms with Crippen molar-refractivity contribution in [2.24, 2.45) is 5.73 Å². The van der Waals surface area contributed by atoms with Crippen LogP contribution in [0.4, 0.5) is 0 Å². The van der Waals surface area contributed by atoms with Gasteiger partial charge in [-0.2, -0.15) is 0 Å². The summed E-state index contributed by atoms with van der Waals surface area (Å²) in [5, 5.41) is 0. The Morgan fingerprint density at radius 1 is 1.11 bits per heavy atom. The van der Waals surface area contributed by atoms with E-state index in [4.69, 9.17) is 10.5 Å². The number of amides is 1. The number of carbonyl (C=O) groups excluding carboxylic acids is 1. The Morgan fingerprint density at radius 2 is 1.82 bits per heavy atom. The average Bonchev–Trinajstić information content (AvgIpc) is 3.03. The Hall–Kier alpha value is -3.94. The van der Waals surface area contributed by atoms with Crippen molar-refractivity contribution in [3.05, 3.63) is 70.3 Å². The first-order chi connectivity index (χ1) is 13.5. The van der Waals surface area contributed by atoms with Crippen molar-refractivity contribution in [1.82, 2.24) is 19.5 Å². The van der Waals surface area contributed by atoms with Crippen LogP contribution in [-0.4, -0.2) is 32.5 Å². The maximum absolute atomic E-state index is 12.6. The molecule has 0 aliphatic heterocycles. The molecule has 0 saturated carbocycles. The summed E-state index contributed by atoms with van der Waals surface area (Å²) in [6, 6.07) is 14.5. The van der Waals surface area contributed by atoms with Crippen molar-refractivity contribution in [3.63, 3.8) is 0 Å². The van der Waals surface area contributed by atoms with Gasteiger partial charge in [0.2, 0.25) is 0 Å². The predicted octanol–water partition coefficient (Wildman–Crippen LogP) is 2.19. The van der Waals surface area contributed by atoms with E-state index in [0.29, 0.717) is 17.0 Å². The number of aromatic nitrogens is 4. The standard InChI is InChI=1S/C20H17N5O3/c1-11-7-9-12(10-8-11)25-19-16(23-20(25)27)15(17(21)26)22-18(24-19)13-5-3-4-6-14(13)28-2/h3-10H,1-2H3,(H2,21,26)(H,23,27). The second-order valence-corrected chi connectivity index (χ2v) is 6.26. The Balaban J connectivity index is 2.07. The molecular weight excluding hydrogens is 358 g/mol. The number of nitrogens with two attached hydrogens (primary N) is 1. The van der Waals surface area contributed by atoms with Gasteiger partial charge in [0.15, 0.2) is 17.2 Å². The van der Waals surface area contributed by atoms with Crippen molar-refractivity contribution in [3.8, 4) is 22.8 Å². The molecule has 0 bridgehead atoms. The van der Waals surface area contributed by atoms with Crippen molar-refractivity contribution >= 4 is 17.1 Å². The van der Waals surface area contributed by atoms with E-state index in [2.05, 4.69) is 15.0 Å². The van der Waals surface area contributed by atoms with Crippen LogP contribution >= 0.6 is 0 Å². The number of nitrogens with one attached hydrogen (secondary N) is 1. The van der Waals surface area contributed by atoms with Gasteiger partial charge in [0, 0.05) is 0 Å². The lowest BCUT2D eigenvalue weighted by molar-refractivity contribution is 0.0997. The van der Waals surface area contributed by atoms with Gasteiger partial charge in [0.25, 0.3) is 5.91 Å². The van der Waals surface area contributed by atoms with E-state index < -0.39 is 11.6 Å². The fourth-order valence-electron chi connectivity index (χ4n) is 3.05. The van der Waals surface area contributed by atoms with Gasteiger partial charge in [-0.05, 0) is 31.2 Å². The van der Waals surface area contributed by atoms with E-state index in [0.717, 1.165) is 5.56 Å². The highest BCUT2D eigenvalue weighted by Crippen LogP contribution is 2.29. The number of aromatic amines is 1. The number of methoxy groups -OCH3 is 1. The number of H-pyrrole nitrogens is 1. The molecule has 140 valence electrons. The number of aryl methyl sites for hydroxylation is 1. The molecule has 0 radical (unpaired) electrons. The van der Waals surface area contributed by atoms with E-state index in [1.165, 1.54) is 11.7 Å². The maximum Gasteiger partial charge on any atom is 0.332 e. The maximum atomic E-state index is 12.6. The van der Waals surface area contributed by atoms with Gasteiger partial charge in [0.05, 0.1) is 18.4 Å². The van der Waals surface area contributed by atoms with Gasteiger partial charge in [-0.25, -0.2) is 19.3 Å². The Morgan fingerprint density at radius 3 is 2.50 bits per heavy atom. The summed E-state index contributed by atoms with van der Waals surface area (Å²) in [7, 11) is 1.53. The summed E-state index contributed by atoms with van der Waals surface area (Å²) in [5.74, 6) is 0.0107. The van der Waals surface area contributed by atoms with Gasteiger partial charge in [-0.15, -0.1) is 0 Å². The number of para-hydroxylation sites is 1. The van der Waals surface area contributed by atoms with Gasteiger partial charge < -0.3 is 15.5 Å². The summed E-state index contributed by atoms with van der Waals surface area (Å²) in [4.78, 5) is 36.1. The molecule has 2 aromatic heterocycles. The number of primary amides is 1. The van der Waals surface area contributed by atoms with E-state index >= 15 is 0 Å². The molecule has 0 fully saturated rings. The minimum absolute atomic E-state index is 0.0612. The third-order valence-corrected chi connectivity index (χ3v) is 4.41. The van der Waals surface area contributed by atoms with Crippen molar-refractivity contribution in [2.75, 3.05) is 7.11 Å². The fraction of sp³-hybridized carbons (Fsp3) is 0.100. The lowest BCUT2D eigenvalue weighted by atomic mass is 10.2. The van der Waals surface area contributed by atoms with Crippen LogP contribution in [-0.2, 0) is 0 Å². The van der Waals surface area contributed by atoms with Crippen LogP contribution < -0.4 is 16.2 Å². The molecule has 3 N–H and O–H groups in total. The molecule has 0 aliphatic carbocycles. The molecule has 8 heteroatoms. The van der Waals surface area contributed by atoms with Crippen LogP contribution in [0.1, 0.15) is 16.1 Å². The van der Waals surface area contributed by atoms with Crippen LogP contribution in [0.2, 0.25) is 0 Å². The smallest absolute Gasteiger partial charge is 0.332 e. The van der Waals surface area contributed by atoms with E-state index in [1.807, 2.05) is 25.1 Å². The van der Waals surface area contributed by atoms with Crippen molar-refractivity contribution < 1.29 is 9.53 Å². The number of fused-ring (bicyclic) bond motifs is 1. The van der Waals surface area contributed by atoms with Crippen LogP contribution in [0.15, 0.2) is 53.3 Å². The highest BCUT2D eigenvalue weighted by Gasteiger charge is 2.21. The minimum Gasteiger partial charge on any atom is -0.496 e. The molecule has 2 aromatic carbocycles. The van der Waals surface area contributed by atoms with Crippen molar-refractivity contribution in [2.45, 2.75) is 6.92 Å². The first-order valence-electron chi connectivity index (χ1n) is 8.52. The second-order valence-electron chi connectivity index (χ2n) is 6.26. The quantitative estimate of drug-likeness (QED) is 0.567. The largest absolute Gasteiger partial charge is 0.496 e. The molecule has 4 aromatic rings. The first kappa shape index (κ1) is 17.5. The van der Waals surface area contributed by atoms with Crippen LogP contribution in [0.25, 0.3) is 28.2 Å². The molecular formula is C20H17N5O3. The number of rotatable bonds is 4. The molecule has 0 atom stereocenters. The summed E-state index contributed by atoms with van der Waals surface area (Å²) in [6.45, 7) is 1.95. The molecule has 0 aliphatic rings. The van der Waals surface area contributed by atoms with E-state index in [-0.39, 0.29) is 22.7 Å². The Bertz CT molecular complexity index is 1260. The zero-order valence-electron chi connectivity index (χ0n) is 15.3. The third kappa shape index (κ3) is 2.81. The lowest BCUT2D eigenvalue weighted by Crippen LogP contribution is -2.15. The highest BCUT2D eigenvalue weighted by atomic mass is 16.5. The van der Waals surface area contributed by atoms with Gasteiger partial charge >= 0.3 is 5.69 Å². The zero-order valence-corrected chi connectivity index (χ0v) is 15.3. The van der Waals surface area contributed by atoms with Gasteiger partial charge in [-0.3, -0.25) is 4.79 Å². The summed E-state index contributed by atoms with van der Waals surface area (Å²) < 4.78 is 6.76.